The van der Waals surface area contributed by atoms with Crippen molar-refractivity contribution in [2.75, 3.05) is 30.0 Å². The fourth-order valence-electron chi connectivity index (χ4n) is 5.36. The van der Waals surface area contributed by atoms with Gasteiger partial charge in [-0.2, -0.15) is 0 Å². The normalized spacial score (nSPS) is 18.5. The Labute approximate surface area is 199 Å². The van der Waals surface area contributed by atoms with Gasteiger partial charge >= 0.3 is 0 Å². The Morgan fingerprint density at radius 2 is 1.91 bits per heavy atom. The van der Waals surface area contributed by atoms with Gasteiger partial charge in [0.15, 0.2) is 0 Å². The van der Waals surface area contributed by atoms with E-state index < -0.39 is 0 Å². The van der Waals surface area contributed by atoms with Gasteiger partial charge in [0.05, 0.1) is 18.5 Å². The summed E-state index contributed by atoms with van der Waals surface area (Å²) in [7, 11) is 1.86. The molecule has 0 saturated heterocycles. The molecule has 1 unspecified atom stereocenters. The van der Waals surface area contributed by atoms with Gasteiger partial charge in [-0.3, -0.25) is 4.79 Å². The summed E-state index contributed by atoms with van der Waals surface area (Å²) < 4.78 is 5.62. The number of pyridine rings is 1. The van der Waals surface area contributed by atoms with Crippen LogP contribution in [0.3, 0.4) is 0 Å². The fourth-order valence-corrected chi connectivity index (χ4v) is 5.36. The van der Waals surface area contributed by atoms with Gasteiger partial charge < -0.3 is 14.5 Å². The van der Waals surface area contributed by atoms with Gasteiger partial charge in [-0.15, -0.1) is 0 Å². The van der Waals surface area contributed by atoms with E-state index in [1.54, 1.807) is 4.90 Å². The molecular formula is C28H39N3O2. The average molecular weight is 450 g/mol. The first-order valence-corrected chi connectivity index (χ1v) is 12.7. The van der Waals surface area contributed by atoms with Crippen LogP contribution < -0.4 is 14.5 Å². The molecule has 178 valence electrons. The number of aromatic nitrogens is 1. The van der Waals surface area contributed by atoms with Gasteiger partial charge in [0, 0.05) is 25.6 Å². The monoisotopic (exact) mass is 449 g/mol. The van der Waals surface area contributed by atoms with Gasteiger partial charge in [-0.25, -0.2) is 4.98 Å². The van der Waals surface area contributed by atoms with Crippen LogP contribution in [-0.2, 0) is 17.6 Å². The van der Waals surface area contributed by atoms with Crippen LogP contribution in [0.1, 0.15) is 64.0 Å². The van der Waals surface area contributed by atoms with Crippen LogP contribution in [0.25, 0.3) is 0 Å². The number of anilines is 2. The predicted molar refractivity (Wildman–Crippen MR) is 135 cm³/mol. The Morgan fingerprint density at radius 3 is 2.58 bits per heavy atom. The number of rotatable bonds is 8. The maximum absolute atomic E-state index is 12.5. The first-order chi connectivity index (χ1) is 16.0. The molecule has 1 aromatic carbocycles. The van der Waals surface area contributed by atoms with Crippen LogP contribution in [0.4, 0.5) is 11.5 Å². The minimum atomic E-state index is -0.0292. The highest BCUT2D eigenvalue weighted by molar-refractivity contribution is 5.94. The third kappa shape index (κ3) is 5.51. The number of benzene rings is 1. The van der Waals surface area contributed by atoms with Crippen molar-refractivity contribution in [1.82, 2.24) is 4.98 Å². The summed E-state index contributed by atoms with van der Waals surface area (Å²) in [4.78, 5) is 21.8. The van der Waals surface area contributed by atoms with Crippen LogP contribution in [-0.4, -0.2) is 37.1 Å². The van der Waals surface area contributed by atoms with Crippen molar-refractivity contribution in [3.05, 3.63) is 47.7 Å². The number of hydrogen-bond donors (Lipinski definition) is 0. The van der Waals surface area contributed by atoms with Gasteiger partial charge in [0.25, 0.3) is 0 Å². The zero-order valence-corrected chi connectivity index (χ0v) is 20.7. The first kappa shape index (κ1) is 23.6. The van der Waals surface area contributed by atoms with Crippen LogP contribution >= 0.6 is 0 Å². The molecule has 2 aromatic rings. The van der Waals surface area contributed by atoms with Gasteiger partial charge in [-0.1, -0.05) is 45.2 Å². The standard InChI is InChI=1S/C28H39N3O2/c1-5-33-26-13-11-21(12-14-26)15-24-16-23-17-25(30(4)28(32)20(2)3)18-29-27(23)31(24)19-22-9-7-6-8-10-22/h11-14,17-18,20,22,24H,5-10,15-16,19H2,1-4H3. The van der Waals surface area contributed by atoms with E-state index >= 15 is 0 Å². The summed E-state index contributed by atoms with van der Waals surface area (Å²) in [6, 6.07) is 11.1. The lowest BCUT2D eigenvalue weighted by molar-refractivity contribution is -0.121. The SMILES string of the molecule is CCOc1ccc(CC2Cc3cc(N(C)C(=O)C(C)C)cnc3N2CC2CCCCC2)cc1. The summed E-state index contributed by atoms with van der Waals surface area (Å²) in [6.45, 7) is 7.67. The topological polar surface area (TPSA) is 45.7 Å². The molecule has 0 spiro atoms. The van der Waals surface area contributed by atoms with Crippen molar-refractivity contribution < 1.29 is 9.53 Å². The number of ether oxygens (including phenoxy) is 1. The predicted octanol–water partition coefficient (Wildman–Crippen LogP) is 5.65. The highest BCUT2D eigenvalue weighted by Gasteiger charge is 2.33. The molecular weight excluding hydrogens is 410 g/mol. The molecule has 1 aliphatic carbocycles. The summed E-state index contributed by atoms with van der Waals surface area (Å²) >= 11 is 0. The minimum absolute atomic E-state index is 0.0292. The molecule has 1 fully saturated rings. The zero-order chi connectivity index (χ0) is 23.4. The summed E-state index contributed by atoms with van der Waals surface area (Å²) in [5.74, 6) is 2.89. The van der Waals surface area contributed by atoms with E-state index in [4.69, 9.17) is 9.72 Å². The van der Waals surface area contributed by atoms with Crippen LogP contribution in [0, 0.1) is 11.8 Å². The largest absolute Gasteiger partial charge is 0.494 e. The van der Waals surface area contributed by atoms with E-state index in [2.05, 4.69) is 35.2 Å². The van der Waals surface area contributed by atoms with E-state index in [1.807, 2.05) is 34.0 Å². The fraction of sp³-hybridized carbons (Fsp3) is 0.571. The average Bonchev–Trinajstić information content (AvgIpc) is 3.16. The maximum Gasteiger partial charge on any atom is 0.229 e. The lowest BCUT2D eigenvalue weighted by Crippen LogP contribution is -2.38. The lowest BCUT2D eigenvalue weighted by atomic mass is 9.88. The number of carbonyl (C=O) groups is 1. The second-order valence-electron chi connectivity index (χ2n) is 10.0. The molecule has 4 rings (SSSR count). The molecule has 33 heavy (non-hydrogen) atoms. The van der Waals surface area contributed by atoms with Crippen LogP contribution in [0.15, 0.2) is 36.5 Å². The molecule has 1 saturated carbocycles. The molecule has 2 heterocycles. The van der Waals surface area contributed by atoms with Gasteiger partial charge in [0.2, 0.25) is 5.91 Å². The zero-order valence-electron chi connectivity index (χ0n) is 20.7. The smallest absolute Gasteiger partial charge is 0.229 e. The Hall–Kier alpha value is -2.56. The Bertz CT molecular complexity index is 935. The molecule has 0 bridgehead atoms. The summed E-state index contributed by atoms with van der Waals surface area (Å²) in [6.07, 6.45) is 10.6. The van der Waals surface area contributed by atoms with Crippen molar-refractivity contribution in [2.24, 2.45) is 11.8 Å². The Kier molecular flexibility index (Phi) is 7.56. The molecule has 1 aromatic heterocycles. The van der Waals surface area contributed by atoms with Crippen molar-refractivity contribution in [3.8, 4) is 5.75 Å². The van der Waals surface area contributed by atoms with Crippen LogP contribution in [0.5, 0.6) is 5.75 Å². The first-order valence-electron chi connectivity index (χ1n) is 12.7. The molecule has 0 radical (unpaired) electrons. The van der Waals surface area contributed by atoms with Crippen molar-refractivity contribution in [3.63, 3.8) is 0 Å². The Balaban J connectivity index is 1.56. The maximum atomic E-state index is 12.5. The molecule has 5 nitrogen and oxygen atoms in total. The molecule has 2 aliphatic rings. The molecule has 1 atom stereocenters. The second-order valence-corrected chi connectivity index (χ2v) is 10.0. The van der Waals surface area contributed by atoms with Gasteiger partial charge in [0.1, 0.15) is 11.6 Å². The molecule has 0 N–H and O–H groups in total. The highest BCUT2D eigenvalue weighted by atomic mass is 16.5. The quantitative estimate of drug-likeness (QED) is 0.522. The molecule has 1 aliphatic heterocycles. The van der Waals surface area contributed by atoms with Crippen molar-refractivity contribution in [2.45, 2.75) is 71.8 Å². The van der Waals surface area contributed by atoms with E-state index in [1.165, 1.54) is 43.2 Å². The van der Waals surface area contributed by atoms with Crippen molar-refractivity contribution >= 4 is 17.4 Å². The third-order valence-corrected chi connectivity index (χ3v) is 7.19. The summed E-state index contributed by atoms with van der Waals surface area (Å²) in [5.41, 5.74) is 3.49. The number of amides is 1. The van der Waals surface area contributed by atoms with Crippen molar-refractivity contribution in [1.29, 1.82) is 0 Å². The minimum Gasteiger partial charge on any atom is -0.494 e. The highest BCUT2D eigenvalue weighted by Crippen LogP contribution is 2.37. The number of carbonyl (C=O) groups excluding carboxylic acids is 1. The van der Waals surface area contributed by atoms with E-state index in [0.29, 0.717) is 12.6 Å². The molecule has 5 heteroatoms. The summed E-state index contributed by atoms with van der Waals surface area (Å²) in [5, 5.41) is 0. The second kappa shape index (κ2) is 10.6. The van der Waals surface area contributed by atoms with E-state index in [0.717, 1.165) is 42.6 Å². The van der Waals surface area contributed by atoms with Gasteiger partial charge in [-0.05, 0) is 67.9 Å². The molecule has 1 amide bonds. The van der Waals surface area contributed by atoms with E-state index in [-0.39, 0.29) is 11.8 Å². The number of fused-ring (bicyclic) bond motifs is 1. The van der Waals surface area contributed by atoms with Crippen LogP contribution in [0.2, 0.25) is 0 Å². The number of hydrogen-bond acceptors (Lipinski definition) is 4. The lowest BCUT2D eigenvalue weighted by Gasteiger charge is -2.32. The third-order valence-electron chi connectivity index (χ3n) is 7.19. The van der Waals surface area contributed by atoms with E-state index in [9.17, 15) is 4.79 Å². The Morgan fingerprint density at radius 1 is 1.18 bits per heavy atom. The number of nitrogens with zero attached hydrogens (tertiary/aromatic N) is 3.